The number of nitrogens with zero attached hydrogens (tertiary/aromatic N) is 1. The number of halogens is 1. The average Bonchev–Trinajstić information content (AvgIpc) is 2.55. The molecule has 1 aromatic carbocycles. The molecule has 0 bridgehead atoms. The topological polar surface area (TPSA) is 30.9 Å². The Labute approximate surface area is 111 Å². The second-order valence-electron chi connectivity index (χ2n) is 4.26. The Morgan fingerprint density at radius 3 is 2.29 bits per heavy atom. The van der Waals surface area contributed by atoms with E-state index in [4.69, 9.17) is 5.73 Å². The lowest BCUT2D eigenvalue weighted by molar-refractivity contribution is 0.946. The van der Waals surface area contributed by atoms with Crippen LogP contribution < -0.4 is 5.73 Å². The predicted octanol–water partition coefficient (Wildman–Crippen LogP) is 3.36. The highest BCUT2D eigenvalue weighted by molar-refractivity contribution is 9.10. The normalized spacial score (nSPS) is 10.8. The Morgan fingerprint density at radius 1 is 1.18 bits per heavy atom. The van der Waals surface area contributed by atoms with Gasteiger partial charge in [-0.15, -0.1) is 0 Å². The van der Waals surface area contributed by atoms with Crippen LogP contribution in [0.1, 0.15) is 17.0 Å². The zero-order valence-electron chi connectivity index (χ0n) is 10.2. The number of aromatic nitrogens is 1. The van der Waals surface area contributed by atoms with Crippen molar-refractivity contribution in [2.75, 3.05) is 6.54 Å². The number of hydrogen-bond donors (Lipinski definition) is 1. The van der Waals surface area contributed by atoms with Crippen LogP contribution >= 0.6 is 15.9 Å². The number of benzene rings is 1. The number of rotatable bonds is 3. The Balaban J connectivity index is 2.39. The fraction of sp³-hybridized carbons (Fsp3) is 0.286. The van der Waals surface area contributed by atoms with Crippen LogP contribution in [0, 0.1) is 13.8 Å². The number of aryl methyl sites for hydroxylation is 1. The van der Waals surface area contributed by atoms with Crippen LogP contribution in [0.2, 0.25) is 0 Å². The lowest BCUT2D eigenvalue weighted by Gasteiger charge is -2.10. The molecule has 0 saturated carbocycles. The minimum atomic E-state index is 0.701. The van der Waals surface area contributed by atoms with Gasteiger partial charge in [0.2, 0.25) is 0 Å². The first-order chi connectivity index (χ1) is 8.13. The molecule has 17 heavy (non-hydrogen) atoms. The van der Waals surface area contributed by atoms with Crippen molar-refractivity contribution in [2.24, 2.45) is 5.73 Å². The molecular weight excluding hydrogens is 276 g/mol. The van der Waals surface area contributed by atoms with Crippen LogP contribution in [-0.4, -0.2) is 11.1 Å². The molecule has 0 fully saturated rings. The molecule has 3 heteroatoms. The predicted molar refractivity (Wildman–Crippen MR) is 75.7 cm³/mol. The Morgan fingerprint density at radius 2 is 1.82 bits per heavy atom. The molecule has 2 nitrogen and oxygen atoms in total. The van der Waals surface area contributed by atoms with Gasteiger partial charge in [-0.05, 0) is 66.5 Å². The van der Waals surface area contributed by atoms with E-state index in [9.17, 15) is 0 Å². The maximum Gasteiger partial charge on any atom is 0.0455 e. The fourth-order valence-corrected chi connectivity index (χ4v) is 2.61. The van der Waals surface area contributed by atoms with Crippen molar-refractivity contribution >= 4 is 15.9 Å². The third-order valence-electron chi connectivity index (χ3n) is 3.00. The minimum absolute atomic E-state index is 0.701. The molecule has 0 unspecified atom stereocenters. The second-order valence-corrected chi connectivity index (χ2v) is 5.11. The first-order valence-electron chi connectivity index (χ1n) is 5.77. The Kier molecular flexibility index (Phi) is 3.69. The zero-order valence-corrected chi connectivity index (χ0v) is 11.8. The van der Waals surface area contributed by atoms with Crippen LogP contribution in [-0.2, 0) is 6.42 Å². The van der Waals surface area contributed by atoms with Gasteiger partial charge in [0.25, 0.3) is 0 Å². The maximum atomic E-state index is 5.55. The van der Waals surface area contributed by atoms with Crippen LogP contribution in [0.15, 0.2) is 34.8 Å². The summed E-state index contributed by atoms with van der Waals surface area (Å²) in [4.78, 5) is 0. The van der Waals surface area contributed by atoms with Gasteiger partial charge in [-0.3, -0.25) is 0 Å². The van der Waals surface area contributed by atoms with Gasteiger partial charge < -0.3 is 10.3 Å². The van der Waals surface area contributed by atoms with Crippen LogP contribution in [0.4, 0.5) is 0 Å². The first-order valence-corrected chi connectivity index (χ1v) is 6.56. The zero-order chi connectivity index (χ0) is 12.4. The Hall–Kier alpha value is -1.06. The quantitative estimate of drug-likeness (QED) is 0.924. The van der Waals surface area contributed by atoms with Crippen molar-refractivity contribution < 1.29 is 0 Å². The summed E-state index contributed by atoms with van der Waals surface area (Å²) in [5.41, 5.74) is 10.5. The van der Waals surface area contributed by atoms with Gasteiger partial charge in [0, 0.05) is 21.5 Å². The highest BCUT2D eigenvalue weighted by Crippen LogP contribution is 2.24. The van der Waals surface area contributed by atoms with E-state index in [0.717, 1.165) is 10.9 Å². The van der Waals surface area contributed by atoms with Crippen molar-refractivity contribution in [3.63, 3.8) is 0 Å². The molecular formula is C14H17BrN2. The first kappa shape index (κ1) is 12.4. The molecule has 0 aliphatic rings. The average molecular weight is 293 g/mol. The van der Waals surface area contributed by atoms with Crippen LogP contribution in [0.5, 0.6) is 0 Å². The number of nitrogens with two attached hydrogens (primary N) is 1. The fourth-order valence-electron chi connectivity index (χ4n) is 2.10. The van der Waals surface area contributed by atoms with E-state index < -0.39 is 0 Å². The largest absolute Gasteiger partial charge is 0.330 e. The van der Waals surface area contributed by atoms with E-state index in [-0.39, 0.29) is 0 Å². The lowest BCUT2D eigenvalue weighted by Crippen LogP contribution is -2.03. The van der Waals surface area contributed by atoms with E-state index >= 15 is 0 Å². The molecule has 0 spiro atoms. The van der Waals surface area contributed by atoms with Gasteiger partial charge in [0.1, 0.15) is 0 Å². The van der Waals surface area contributed by atoms with Gasteiger partial charge in [0.15, 0.2) is 0 Å². The summed E-state index contributed by atoms with van der Waals surface area (Å²) in [6, 6.07) is 10.7. The van der Waals surface area contributed by atoms with Gasteiger partial charge in [-0.25, -0.2) is 0 Å². The third kappa shape index (κ3) is 2.45. The summed E-state index contributed by atoms with van der Waals surface area (Å²) in [5, 5.41) is 0. The van der Waals surface area contributed by atoms with Crippen molar-refractivity contribution in [3.8, 4) is 5.69 Å². The van der Waals surface area contributed by atoms with Crippen LogP contribution in [0.3, 0.4) is 0 Å². The van der Waals surface area contributed by atoms with Crippen molar-refractivity contribution in [2.45, 2.75) is 20.3 Å². The summed E-state index contributed by atoms with van der Waals surface area (Å²) >= 11 is 3.57. The highest BCUT2D eigenvalue weighted by atomic mass is 79.9. The smallest absolute Gasteiger partial charge is 0.0455 e. The molecule has 2 rings (SSSR count). The molecule has 0 aliphatic carbocycles. The lowest BCUT2D eigenvalue weighted by atomic mass is 10.1. The molecule has 0 atom stereocenters. The minimum Gasteiger partial charge on any atom is -0.330 e. The third-order valence-corrected chi connectivity index (χ3v) is 3.80. The van der Waals surface area contributed by atoms with E-state index in [1.54, 1.807) is 0 Å². The summed E-state index contributed by atoms with van der Waals surface area (Å²) in [5.74, 6) is 0. The summed E-state index contributed by atoms with van der Waals surface area (Å²) in [6.45, 7) is 4.93. The van der Waals surface area contributed by atoms with E-state index in [2.05, 4.69) is 64.7 Å². The molecule has 2 aromatic rings. The molecule has 0 saturated heterocycles. The molecule has 90 valence electrons. The van der Waals surface area contributed by atoms with Crippen LogP contribution in [0.25, 0.3) is 5.69 Å². The summed E-state index contributed by atoms with van der Waals surface area (Å²) in [6.07, 6.45) is 0.938. The standard InChI is InChI=1S/C14H17BrN2/c1-10-9-14(15)11(2)17(10)13-5-3-12(4-6-13)7-8-16/h3-6,9H,7-8,16H2,1-2H3. The molecule has 1 heterocycles. The van der Waals surface area contributed by atoms with E-state index in [1.165, 1.54) is 22.6 Å². The summed E-state index contributed by atoms with van der Waals surface area (Å²) < 4.78 is 3.40. The molecule has 0 amide bonds. The molecule has 0 radical (unpaired) electrons. The second kappa shape index (κ2) is 5.07. The van der Waals surface area contributed by atoms with Gasteiger partial charge in [0.05, 0.1) is 0 Å². The van der Waals surface area contributed by atoms with Gasteiger partial charge >= 0.3 is 0 Å². The van der Waals surface area contributed by atoms with Crippen molar-refractivity contribution in [3.05, 3.63) is 51.8 Å². The maximum absolute atomic E-state index is 5.55. The van der Waals surface area contributed by atoms with Gasteiger partial charge in [-0.2, -0.15) is 0 Å². The SMILES string of the molecule is Cc1cc(Br)c(C)n1-c1ccc(CCN)cc1. The monoisotopic (exact) mass is 292 g/mol. The van der Waals surface area contributed by atoms with Gasteiger partial charge in [-0.1, -0.05) is 12.1 Å². The highest BCUT2D eigenvalue weighted by Gasteiger charge is 2.08. The molecule has 1 aromatic heterocycles. The van der Waals surface area contributed by atoms with Crippen molar-refractivity contribution in [1.82, 2.24) is 4.57 Å². The van der Waals surface area contributed by atoms with E-state index in [0.29, 0.717) is 6.54 Å². The molecule has 2 N–H and O–H groups in total. The van der Waals surface area contributed by atoms with E-state index in [1.807, 2.05) is 0 Å². The van der Waals surface area contributed by atoms with Crippen molar-refractivity contribution in [1.29, 1.82) is 0 Å². The molecule has 0 aliphatic heterocycles. The Bertz CT molecular complexity index is 512. The summed E-state index contributed by atoms with van der Waals surface area (Å²) in [7, 11) is 0. The number of hydrogen-bond acceptors (Lipinski definition) is 1.